The first-order chi connectivity index (χ1) is 9.88. The summed E-state index contributed by atoms with van der Waals surface area (Å²) in [5.74, 6) is -2.77. The van der Waals surface area contributed by atoms with Gasteiger partial charge in [-0.2, -0.15) is 0 Å². The average molecular weight is 351 g/mol. The molecule has 1 radical (unpaired) electrons. The van der Waals surface area contributed by atoms with Crippen LogP contribution >= 0.6 is 0 Å². The number of nitrogens with zero attached hydrogens (tertiary/aromatic N) is 1. The van der Waals surface area contributed by atoms with Crippen molar-refractivity contribution in [3.05, 3.63) is 64.7 Å². The van der Waals surface area contributed by atoms with Crippen LogP contribution in [0.25, 0.3) is 10.8 Å². The molecule has 0 unspecified atom stereocenters. The third-order valence-corrected chi connectivity index (χ3v) is 2.47. The van der Waals surface area contributed by atoms with Crippen LogP contribution in [-0.4, -0.2) is 16.9 Å². The fourth-order valence-electron chi connectivity index (χ4n) is 1.63. The molecule has 0 saturated heterocycles. The number of carbonyl (C=O) groups is 2. The van der Waals surface area contributed by atoms with Crippen LogP contribution in [0.1, 0.15) is 10.4 Å². The van der Waals surface area contributed by atoms with Gasteiger partial charge in [0.25, 0.3) is 5.69 Å². The Bertz CT molecular complexity index is 728. The zero-order valence-corrected chi connectivity index (χ0v) is 11.9. The van der Waals surface area contributed by atoms with Crippen LogP contribution < -0.4 is 10.2 Å². The van der Waals surface area contributed by atoms with Gasteiger partial charge in [0.05, 0.1) is 22.4 Å². The number of benzene rings is 2. The Morgan fingerprint density at radius 1 is 1.09 bits per heavy atom. The molecule has 0 fully saturated rings. The minimum absolute atomic E-state index is 0. The van der Waals surface area contributed by atoms with E-state index in [1.165, 1.54) is 18.2 Å². The van der Waals surface area contributed by atoms with Gasteiger partial charge in [0.15, 0.2) is 0 Å². The number of carboxylic acids is 2. The van der Waals surface area contributed by atoms with Crippen LogP contribution in [0.15, 0.2) is 49.1 Å². The van der Waals surface area contributed by atoms with Gasteiger partial charge in [-0.3, -0.25) is 10.1 Å². The van der Waals surface area contributed by atoms with E-state index in [0.29, 0.717) is 10.8 Å². The molecule has 0 aliphatic rings. The summed E-state index contributed by atoms with van der Waals surface area (Å²) in [6, 6.07) is 9.25. The van der Waals surface area contributed by atoms with Crippen LogP contribution in [0.4, 0.5) is 5.69 Å². The first-order valence-corrected chi connectivity index (χ1v) is 5.59. The number of hydrogen-bond donors (Lipinski definition) is 0. The van der Waals surface area contributed by atoms with Crippen LogP contribution in [0.2, 0.25) is 0 Å². The first-order valence-electron chi connectivity index (χ1n) is 5.59. The maximum atomic E-state index is 10.9. The zero-order valence-electron chi connectivity index (χ0n) is 10.9. The molecule has 22 heavy (non-hydrogen) atoms. The normalized spacial score (nSPS) is 8.91. The van der Waals surface area contributed by atoms with E-state index in [-0.39, 0.29) is 22.6 Å². The van der Waals surface area contributed by atoms with Crippen molar-refractivity contribution in [2.24, 2.45) is 0 Å². The minimum Gasteiger partial charge on any atom is -0.545 e. The Kier molecular flexibility index (Phi) is 7.51. The Labute approximate surface area is 135 Å². The summed E-state index contributed by atoms with van der Waals surface area (Å²) in [4.78, 5) is 30.0. The smallest absolute Gasteiger partial charge is 0.545 e. The Balaban J connectivity index is 0.000000644. The number of aromatic carboxylic acids is 1. The zero-order chi connectivity index (χ0) is 16.0. The Morgan fingerprint density at radius 3 is 2.09 bits per heavy atom. The summed E-state index contributed by atoms with van der Waals surface area (Å²) < 4.78 is 0. The van der Waals surface area contributed by atoms with Gasteiger partial charge in [-0.1, -0.05) is 30.8 Å². The SMILES string of the molecule is C=CC(=O)[O-].O=C([O-])c1c([N+](=O)[O-])ccc2ccccc12.[Cu+2]. The van der Waals surface area contributed by atoms with Crippen LogP contribution in [0.5, 0.6) is 0 Å². The van der Waals surface area contributed by atoms with Crippen LogP contribution in [0, 0.1) is 10.1 Å². The van der Waals surface area contributed by atoms with Crippen molar-refractivity contribution >= 4 is 28.4 Å². The molecule has 0 aliphatic carbocycles. The van der Waals surface area contributed by atoms with E-state index in [4.69, 9.17) is 9.90 Å². The van der Waals surface area contributed by atoms with E-state index in [2.05, 4.69) is 6.58 Å². The second-order valence-electron chi connectivity index (χ2n) is 3.75. The van der Waals surface area contributed by atoms with Gasteiger partial charge in [0.2, 0.25) is 0 Å². The number of nitro benzene ring substituents is 1. The molecule has 0 heterocycles. The van der Waals surface area contributed by atoms with Gasteiger partial charge in [-0.25, -0.2) is 0 Å². The molecule has 0 aliphatic heterocycles. The molecule has 0 aromatic heterocycles. The van der Waals surface area contributed by atoms with Gasteiger partial charge >= 0.3 is 17.1 Å². The van der Waals surface area contributed by atoms with Gasteiger partial charge in [-0.15, -0.1) is 0 Å². The third-order valence-electron chi connectivity index (χ3n) is 2.47. The molecule has 0 bridgehead atoms. The standard InChI is InChI=1S/C11H7NO4.C3H4O2.Cu/c13-11(14)10-8-4-2-1-3-7(8)5-6-9(10)12(15)16;1-2-3(4)5;/h1-6H,(H,13,14);2H,1H2,(H,4,5);/q;;+2/p-2. The van der Waals surface area contributed by atoms with E-state index in [1.54, 1.807) is 18.2 Å². The second kappa shape index (κ2) is 8.56. The number of hydrogen-bond acceptors (Lipinski definition) is 6. The Morgan fingerprint density at radius 2 is 1.64 bits per heavy atom. The van der Waals surface area contributed by atoms with Crippen molar-refractivity contribution in [3.63, 3.8) is 0 Å². The summed E-state index contributed by atoms with van der Waals surface area (Å²) in [7, 11) is 0. The summed E-state index contributed by atoms with van der Waals surface area (Å²) >= 11 is 0. The molecule has 2 rings (SSSR count). The van der Waals surface area contributed by atoms with Crippen molar-refractivity contribution in [2.45, 2.75) is 0 Å². The molecule has 0 atom stereocenters. The van der Waals surface area contributed by atoms with Crippen molar-refractivity contribution in [2.75, 3.05) is 0 Å². The summed E-state index contributed by atoms with van der Waals surface area (Å²) in [6.07, 6.45) is 0.722. The molecule has 8 heteroatoms. The largest absolute Gasteiger partial charge is 2.00 e. The average Bonchev–Trinajstić information content (AvgIpc) is 2.46. The fourth-order valence-corrected chi connectivity index (χ4v) is 1.63. The van der Waals surface area contributed by atoms with Crippen molar-refractivity contribution in [1.82, 2.24) is 0 Å². The molecule has 117 valence electrons. The van der Waals surface area contributed by atoms with Gasteiger partial charge < -0.3 is 19.8 Å². The molecule has 2 aromatic carbocycles. The molecule has 2 aromatic rings. The second-order valence-corrected chi connectivity index (χ2v) is 3.75. The van der Waals surface area contributed by atoms with Gasteiger partial charge in [0.1, 0.15) is 0 Å². The van der Waals surface area contributed by atoms with Gasteiger partial charge in [0, 0.05) is 6.07 Å². The predicted octanol–water partition coefficient (Wildman–Crippen LogP) is 0.0313. The molecule has 0 spiro atoms. The van der Waals surface area contributed by atoms with Crippen molar-refractivity contribution < 1.29 is 41.8 Å². The number of aliphatic carboxylic acids is 1. The maximum absolute atomic E-state index is 10.9. The number of fused-ring (bicyclic) bond motifs is 1. The number of carbonyl (C=O) groups excluding carboxylic acids is 2. The van der Waals surface area contributed by atoms with E-state index < -0.39 is 22.5 Å². The minimum atomic E-state index is -1.54. The van der Waals surface area contributed by atoms with E-state index in [0.717, 1.165) is 6.08 Å². The van der Waals surface area contributed by atoms with Gasteiger partial charge in [-0.05, 0) is 22.9 Å². The van der Waals surface area contributed by atoms with E-state index in [1.807, 2.05) is 0 Å². The number of carboxylic acid groups (broad SMARTS) is 2. The van der Waals surface area contributed by atoms with E-state index >= 15 is 0 Å². The fraction of sp³-hybridized carbons (Fsp3) is 0. The maximum Gasteiger partial charge on any atom is 2.00 e. The monoisotopic (exact) mass is 350 g/mol. The number of nitro groups is 1. The predicted molar refractivity (Wildman–Crippen MR) is 70.1 cm³/mol. The number of rotatable bonds is 3. The van der Waals surface area contributed by atoms with E-state index in [9.17, 15) is 20.0 Å². The van der Waals surface area contributed by atoms with Crippen LogP contribution in [-0.2, 0) is 21.9 Å². The topological polar surface area (TPSA) is 123 Å². The van der Waals surface area contributed by atoms with Crippen LogP contribution in [0.3, 0.4) is 0 Å². The quantitative estimate of drug-likeness (QED) is 0.333. The van der Waals surface area contributed by atoms with Crippen molar-refractivity contribution in [1.29, 1.82) is 0 Å². The molecule has 0 N–H and O–H groups in total. The summed E-state index contributed by atoms with van der Waals surface area (Å²) in [5.41, 5.74) is -0.818. The summed E-state index contributed by atoms with van der Waals surface area (Å²) in [5, 5.41) is 31.7. The summed E-state index contributed by atoms with van der Waals surface area (Å²) in [6.45, 7) is 2.90. The first kappa shape index (κ1) is 19.3. The third kappa shape index (κ3) is 4.69. The Hall–Kier alpha value is -2.70. The molecule has 0 saturated carbocycles. The molecule has 7 nitrogen and oxygen atoms in total. The molecular weight excluding hydrogens is 342 g/mol. The molecular formula is C14H9CuNO6. The van der Waals surface area contributed by atoms with Crippen molar-refractivity contribution in [3.8, 4) is 0 Å². The molecule has 0 amide bonds.